The van der Waals surface area contributed by atoms with Crippen molar-refractivity contribution in [1.82, 2.24) is 5.43 Å². The smallest absolute Gasteiger partial charge is 0.282 e. The Kier molecular flexibility index (Phi) is 4.17. The quantitative estimate of drug-likeness (QED) is 0.520. The summed E-state index contributed by atoms with van der Waals surface area (Å²) in [4.78, 5) is 23.7. The zero-order valence-electron chi connectivity index (χ0n) is 12.9. The summed E-state index contributed by atoms with van der Waals surface area (Å²) in [5.41, 5.74) is 3.84. The molecule has 2 heterocycles. The molecule has 0 atom stereocenters. The van der Waals surface area contributed by atoms with Crippen molar-refractivity contribution in [2.75, 3.05) is 6.79 Å². The number of nitrogens with one attached hydrogen (secondary N) is 1. The van der Waals surface area contributed by atoms with Crippen LogP contribution in [0.1, 0.15) is 26.4 Å². The van der Waals surface area contributed by atoms with E-state index in [1.165, 1.54) is 29.7 Å². The van der Waals surface area contributed by atoms with Crippen molar-refractivity contribution in [2.45, 2.75) is 13.8 Å². The van der Waals surface area contributed by atoms with Crippen molar-refractivity contribution in [3.63, 3.8) is 0 Å². The molecular weight excluding hydrogens is 334 g/mol. The Morgan fingerprint density at radius 2 is 2.08 bits per heavy atom. The molecule has 1 N–H and O–H groups in total. The number of fused-ring (bicyclic) bond motifs is 1. The van der Waals surface area contributed by atoms with Gasteiger partial charge in [0, 0.05) is 10.3 Å². The molecule has 0 radical (unpaired) electrons. The highest BCUT2D eigenvalue weighted by Gasteiger charge is 2.22. The minimum absolute atomic E-state index is 0.0145. The van der Waals surface area contributed by atoms with Crippen LogP contribution in [-0.2, 0) is 0 Å². The van der Waals surface area contributed by atoms with E-state index in [0.29, 0.717) is 17.1 Å². The Hall–Kier alpha value is -2.94. The number of nitro groups is 1. The lowest BCUT2D eigenvalue weighted by Gasteiger charge is -2.01. The number of nitrogens with zero attached hydrogens (tertiary/aromatic N) is 2. The van der Waals surface area contributed by atoms with E-state index in [2.05, 4.69) is 10.5 Å². The minimum atomic E-state index is -0.544. The minimum Gasteiger partial charge on any atom is -0.454 e. The summed E-state index contributed by atoms with van der Waals surface area (Å²) in [6, 6.07) is 2.73. The Bertz CT molecular complexity index is 859. The summed E-state index contributed by atoms with van der Waals surface area (Å²) in [7, 11) is 0. The molecular formula is C15H13N3O5S. The van der Waals surface area contributed by atoms with Gasteiger partial charge in [-0.15, -0.1) is 11.3 Å². The number of nitro benzene ring substituents is 1. The molecule has 1 amide bonds. The normalized spacial score (nSPS) is 12.6. The van der Waals surface area contributed by atoms with E-state index >= 15 is 0 Å². The molecule has 24 heavy (non-hydrogen) atoms. The van der Waals surface area contributed by atoms with Gasteiger partial charge in [-0.05, 0) is 25.5 Å². The van der Waals surface area contributed by atoms with Crippen molar-refractivity contribution in [2.24, 2.45) is 5.10 Å². The second-order valence-corrected chi connectivity index (χ2v) is 6.13. The maximum Gasteiger partial charge on any atom is 0.282 e. The predicted octanol–water partition coefficient (Wildman–Crippen LogP) is 2.77. The molecule has 8 nitrogen and oxygen atoms in total. The maximum atomic E-state index is 12.1. The number of benzene rings is 1. The summed E-state index contributed by atoms with van der Waals surface area (Å²) >= 11 is 1.48. The molecule has 1 aromatic carbocycles. The van der Waals surface area contributed by atoms with Crippen LogP contribution in [0.25, 0.3) is 0 Å². The zero-order valence-corrected chi connectivity index (χ0v) is 13.7. The molecule has 124 valence electrons. The number of carbonyl (C=O) groups is 1. The molecule has 1 aliphatic heterocycles. The fourth-order valence-electron chi connectivity index (χ4n) is 2.17. The van der Waals surface area contributed by atoms with Crippen LogP contribution in [0, 0.1) is 24.0 Å². The molecule has 9 heteroatoms. The fourth-order valence-corrected chi connectivity index (χ4v) is 3.03. The highest BCUT2D eigenvalue weighted by atomic mass is 32.1. The average Bonchev–Trinajstić information content (AvgIpc) is 3.13. The Balaban J connectivity index is 1.80. The molecule has 1 aromatic heterocycles. The van der Waals surface area contributed by atoms with Crippen LogP contribution in [0.2, 0.25) is 0 Å². The van der Waals surface area contributed by atoms with Crippen LogP contribution in [0.5, 0.6) is 11.5 Å². The van der Waals surface area contributed by atoms with Crippen LogP contribution in [0.3, 0.4) is 0 Å². The van der Waals surface area contributed by atoms with Crippen molar-refractivity contribution in [1.29, 1.82) is 0 Å². The third-order valence-corrected chi connectivity index (χ3v) is 4.63. The number of hydrogen-bond acceptors (Lipinski definition) is 7. The number of ether oxygens (including phenoxy) is 2. The molecule has 0 spiro atoms. The predicted molar refractivity (Wildman–Crippen MR) is 88.1 cm³/mol. The van der Waals surface area contributed by atoms with Gasteiger partial charge in [-0.25, -0.2) is 5.43 Å². The Morgan fingerprint density at radius 3 is 2.71 bits per heavy atom. The van der Waals surface area contributed by atoms with E-state index in [0.717, 1.165) is 10.4 Å². The van der Waals surface area contributed by atoms with Crippen molar-refractivity contribution in [3.8, 4) is 11.5 Å². The van der Waals surface area contributed by atoms with Crippen molar-refractivity contribution >= 4 is 29.1 Å². The highest BCUT2D eigenvalue weighted by molar-refractivity contribution is 7.10. The van der Waals surface area contributed by atoms with Crippen LogP contribution < -0.4 is 14.9 Å². The molecule has 1 aliphatic rings. The lowest BCUT2D eigenvalue weighted by atomic mass is 10.1. The zero-order chi connectivity index (χ0) is 17.3. The molecule has 3 rings (SSSR count). The molecule has 0 saturated heterocycles. The first kappa shape index (κ1) is 15.9. The van der Waals surface area contributed by atoms with E-state index in [1.807, 2.05) is 13.8 Å². The second-order valence-electron chi connectivity index (χ2n) is 5.05. The summed E-state index contributed by atoms with van der Waals surface area (Å²) in [5.74, 6) is 0.349. The Morgan fingerprint density at radius 1 is 1.38 bits per heavy atom. The van der Waals surface area contributed by atoms with E-state index in [-0.39, 0.29) is 24.0 Å². The summed E-state index contributed by atoms with van der Waals surface area (Å²) in [5, 5.41) is 16.7. The largest absolute Gasteiger partial charge is 0.454 e. The number of aryl methyl sites for hydroxylation is 1. The number of rotatable bonds is 4. The van der Waals surface area contributed by atoms with E-state index in [1.54, 1.807) is 5.38 Å². The van der Waals surface area contributed by atoms with Gasteiger partial charge in [0.15, 0.2) is 11.5 Å². The average molecular weight is 347 g/mol. The lowest BCUT2D eigenvalue weighted by Crippen LogP contribution is -2.18. The molecule has 0 saturated carbocycles. The monoisotopic (exact) mass is 347 g/mol. The van der Waals surface area contributed by atoms with Gasteiger partial charge >= 0.3 is 0 Å². The van der Waals surface area contributed by atoms with E-state index in [4.69, 9.17) is 9.47 Å². The van der Waals surface area contributed by atoms with Gasteiger partial charge in [0.25, 0.3) is 11.6 Å². The lowest BCUT2D eigenvalue weighted by molar-refractivity contribution is -0.385. The fraction of sp³-hybridized carbons (Fsp3) is 0.200. The van der Waals surface area contributed by atoms with Crippen molar-refractivity contribution < 1.29 is 19.2 Å². The van der Waals surface area contributed by atoms with Gasteiger partial charge < -0.3 is 9.47 Å². The van der Waals surface area contributed by atoms with Gasteiger partial charge in [-0.1, -0.05) is 0 Å². The number of amides is 1. The highest BCUT2D eigenvalue weighted by Crippen LogP contribution is 2.37. The molecule has 0 fully saturated rings. The van der Waals surface area contributed by atoms with Crippen LogP contribution in [0.15, 0.2) is 22.6 Å². The van der Waals surface area contributed by atoms with Gasteiger partial charge in [-0.3, -0.25) is 14.9 Å². The molecule has 0 aliphatic carbocycles. The first-order valence-electron chi connectivity index (χ1n) is 6.93. The standard InChI is InChI=1S/C15H13N3O5S/c1-8-9(2)24-6-11(8)15(19)17-16-5-10-3-13-14(23-7-22-13)4-12(10)18(20)21/h3-6H,7H2,1-2H3,(H,17,19)/b16-5+. The van der Waals surface area contributed by atoms with Crippen LogP contribution in [-0.4, -0.2) is 23.8 Å². The Labute approximate surface area is 140 Å². The van der Waals surface area contributed by atoms with Gasteiger partial charge in [-0.2, -0.15) is 5.10 Å². The number of carbonyl (C=O) groups excluding carboxylic acids is 1. The summed E-state index contributed by atoms with van der Waals surface area (Å²) in [6.07, 6.45) is 1.21. The molecule has 0 bridgehead atoms. The van der Waals surface area contributed by atoms with Crippen LogP contribution in [0.4, 0.5) is 5.69 Å². The molecule has 2 aromatic rings. The summed E-state index contributed by atoms with van der Waals surface area (Å²) < 4.78 is 10.3. The third-order valence-electron chi connectivity index (χ3n) is 3.62. The topological polar surface area (TPSA) is 103 Å². The van der Waals surface area contributed by atoms with Gasteiger partial charge in [0.05, 0.1) is 28.3 Å². The number of hydrogen-bond donors (Lipinski definition) is 1. The number of thiophene rings is 1. The van der Waals surface area contributed by atoms with Gasteiger partial charge in [0.1, 0.15) is 0 Å². The van der Waals surface area contributed by atoms with E-state index in [9.17, 15) is 14.9 Å². The molecule has 0 unspecified atom stereocenters. The van der Waals surface area contributed by atoms with E-state index < -0.39 is 4.92 Å². The van der Waals surface area contributed by atoms with Crippen LogP contribution >= 0.6 is 11.3 Å². The maximum absolute atomic E-state index is 12.1. The summed E-state index contributed by atoms with van der Waals surface area (Å²) in [6.45, 7) is 3.80. The second kappa shape index (κ2) is 6.28. The first-order chi connectivity index (χ1) is 11.5. The third kappa shape index (κ3) is 2.93. The number of hydrazone groups is 1. The van der Waals surface area contributed by atoms with Crippen molar-refractivity contribution in [3.05, 3.63) is 49.2 Å². The SMILES string of the molecule is Cc1scc(C(=O)N/N=C/c2cc3c(cc2[N+](=O)[O-])OCO3)c1C. The first-order valence-corrected chi connectivity index (χ1v) is 7.81. The van der Waals surface area contributed by atoms with Gasteiger partial charge in [0.2, 0.25) is 6.79 Å².